The van der Waals surface area contributed by atoms with Crippen molar-refractivity contribution in [1.29, 1.82) is 0 Å². The number of nitrogen functional groups attached to an aromatic ring is 1. The van der Waals surface area contributed by atoms with Crippen molar-refractivity contribution < 1.29 is 9.53 Å². The van der Waals surface area contributed by atoms with E-state index in [4.69, 9.17) is 10.5 Å². The number of rotatable bonds is 2. The van der Waals surface area contributed by atoms with Crippen molar-refractivity contribution in [2.24, 2.45) is 0 Å². The number of ether oxygens (including phenoxy) is 1. The molecule has 2 heterocycles. The van der Waals surface area contributed by atoms with Crippen LogP contribution >= 0.6 is 11.3 Å². The fourth-order valence-corrected chi connectivity index (χ4v) is 3.26. The van der Waals surface area contributed by atoms with Crippen LogP contribution in [0.2, 0.25) is 0 Å². The number of carbonyl (C=O) groups is 1. The van der Waals surface area contributed by atoms with E-state index in [1.165, 1.54) is 31.3 Å². The Morgan fingerprint density at radius 1 is 1.42 bits per heavy atom. The van der Waals surface area contributed by atoms with Crippen LogP contribution < -0.4 is 10.6 Å². The number of anilines is 2. The van der Waals surface area contributed by atoms with Crippen LogP contribution in [0.4, 0.5) is 10.8 Å². The summed E-state index contributed by atoms with van der Waals surface area (Å²) in [6.45, 7) is 1.99. The van der Waals surface area contributed by atoms with Crippen molar-refractivity contribution in [3.05, 3.63) is 17.7 Å². The molecule has 0 atom stereocenters. The van der Waals surface area contributed by atoms with Gasteiger partial charge in [0.2, 0.25) is 0 Å². The summed E-state index contributed by atoms with van der Waals surface area (Å²) in [5.41, 5.74) is 8.22. The van der Waals surface area contributed by atoms with Gasteiger partial charge in [-0.05, 0) is 25.0 Å². The second kappa shape index (κ2) is 4.70. The molecule has 1 aliphatic rings. The number of aromatic nitrogens is 1. The molecule has 0 saturated carbocycles. The summed E-state index contributed by atoms with van der Waals surface area (Å²) in [7, 11) is 1.39. The minimum atomic E-state index is -0.325. The molecule has 3 rings (SSSR count). The fourth-order valence-electron chi connectivity index (χ4n) is 2.46. The van der Waals surface area contributed by atoms with Crippen LogP contribution in [0, 0.1) is 0 Å². The first kappa shape index (κ1) is 12.2. The number of hydrogen-bond acceptors (Lipinski definition) is 6. The normalized spacial score (nSPS) is 15.1. The number of thiazole rings is 1. The van der Waals surface area contributed by atoms with Gasteiger partial charge in [0.15, 0.2) is 5.13 Å². The molecule has 0 radical (unpaired) electrons. The number of fused-ring (bicyclic) bond motifs is 1. The van der Waals surface area contributed by atoms with E-state index in [9.17, 15) is 4.79 Å². The third-order valence-electron chi connectivity index (χ3n) is 3.36. The van der Waals surface area contributed by atoms with Gasteiger partial charge in [0.25, 0.3) is 0 Å². The Morgan fingerprint density at radius 3 is 2.84 bits per heavy atom. The molecule has 0 spiro atoms. The molecule has 1 aliphatic heterocycles. The maximum Gasteiger partial charge on any atom is 0.337 e. The molecular weight excluding hydrogens is 262 g/mol. The number of methoxy groups -OCH3 is 1. The van der Waals surface area contributed by atoms with Crippen molar-refractivity contribution in [3.8, 4) is 0 Å². The molecule has 2 N–H and O–H groups in total. The quantitative estimate of drug-likeness (QED) is 0.853. The van der Waals surface area contributed by atoms with Crippen LogP contribution in [-0.2, 0) is 4.74 Å². The highest BCUT2D eigenvalue weighted by molar-refractivity contribution is 7.22. The predicted molar refractivity (Wildman–Crippen MR) is 76.8 cm³/mol. The van der Waals surface area contributed by atoms with Crippen LogP contribution in [0.25, 0.3) is 10.2 Å². The highest BCUT2D eigenvalue weighted by atomic mass is 32.1. The maximum atomic E-state index is 11.7. The lowest BCUT2D eigenvalue weighted by atomic mass is 10.1. The van der Waals surface area contributed by atoms with E-state index in [2.05, 4.69) is 9.88 Å². The van der Waals surface area contributed by atoms with E-state index in [0.717, 1.165) is 29.0 Å². The number of nitrogens with zero attached hydrogens (tertiary/aromatic N) is 2. The second-order valence-corrected chi connectivity index (χ2v) is 5.64. The zero-order chi connectivity index (χ0) is 13.4. The van der Waals surface area contributed by atoms with Gasteiger partial charge in [-0.1, -0.05) is 11.3 Å². The zero-order valence-corrected chi connectivity index (χ0v) is 11.5. The number of esters is 1. The second-order valence-electron chi connectivity index (χ2n) is 4.58. The summed E-state index contributed by atoms with van der Waals surface area (Å²) in [4.78, 5) is 18.4. The Hall–Kier alpha value is -1.82. The zero-order valence-electron chi connectivity index (χ0n) is 10.7. The third kappa shape index (κ3) is 2.12. The van der Waals surface area contributed by atoms with Gasteiger partial charge in [0.05, 0.1) is 23.1 Å². The van der Waals surface area contributed by atoms with E-state index in [0.29, 0.717) is 10.7 Å². The molecule has 6 heteroatoms. The molecule has 2 aromatic rings. The predicted octanol–water partition coefficient (Wildman–Crippen LogP) is 2.27. The van der Waals surface area contributed by atoms with Gasteiger partial charge < -0.3 is 15.4 Å². The molecule has 0 unspecified atom stereocenters. The summed E-state index contributed by atoms with van der Waals surface area (Å²) in [6.07, 6.45) is 2.34. The van der Waals surface area contributed by atoms with Gasteiger partial charge in [-0.2, -0.15) is 0 Å². The number of nitrogens with two attached hydrogens (primary N) is 1. The molecule has 100 valence electrons. The Morgan fingerprint density at radius 2 is 2.16 bits per heavy atom. The van der Waals surface area contributed by atoms with Gasteiger partial charge in [0, 0.05) is 13.1 Å². The summed E-state index contributed by atoms with van der Waals surface area (Å²) in [5.74, 6) is -0.325. The maximum absolute atomic E-state index is 11.7. The van der Waals surface area contributed by atoms with Crippen molar-refractivity contribution in [3.63, 3.8) is 0 Å². The molecule has 19 heavy (non-hydrogen) atoms. The molecule has 0 amide bonds. The molecule has 1 aromatic heterocycles. The van der Waals surface area contributed by atoms with Gasteiger partial charge in [-0.3, -0.25) is 0 Å². The lowest BCUT2D eigenvalue weighted by molar-refractivity contribution is 0.0601. The van der Waals surface area contributed by atoms with Crippen molar-refractivity contribution in [2.75, 3.05) is 30.8 Å². The first-order valence-corrected chi connectivity index (χ1v) is 7.04. The molecule has 1 aromatic carbocycles. The first-order chi connectivity index (χ1) is 9.19. The van der Waals surface area contributed by atoms with Crippen LogP contribution in [0.3, 0.4) is 0 Å². The Kier molecular flexibility index (Phi) is 3.02. The standard InChI is InChI=1S/C13H15N3O2S/c1-18-12(17)8-6-9(16-4-2-3-5-16)11-10(7-8)19-13(14)15-11/h6-7H,2-5H2,1H3,(H2,14,15). The molecule has 1 saturated heterocycles. The summed E-state index contributed by atoms with van der Waals surface area (Å²) in [5, 5.41) is 0.525. The minimum absolute atomic E-state index is 0.325. The Balaban J connectivity index is 2.18. The average Bonchev–Trinajstić information content (AvgIpc) is 3.04. The Labute approximate surface area is 115 Å². The van der Waals surface area contributed by atoms with Crippen LogP contribution in [-0.4, -0.2) is 31.2 Å². The van der Waals surface area contributed by atoms with Gasteiger partial charge in [-0.15, -0.1) is 0 Å². The minimum Gasteiger partial charge on any atom is -0.465 e. The third-order valence-corrected chi connectivity index (χ3v) is 4.19. The van der Waals surface area contributed by atoms with Crippen LogP contribution in [0.5, 0.6) is 0 Å². The van der Waals surface area contributed by atoms with Crippen molar-refractivity contribution in [1.82, 2.24) is 4.98 Å². The highest BCUT2D eigenvalue weighted by Crippen LogP contribution is 2.34. The molecule has 5 nitrogen and oxygen atoms in total. The number of hydrogen-bond donors (Lipinski definition) is 1. The average molecular weight is 277 g/mol. The topological polar surface area (TPSA) is 68.5 Å². The SMILES string of the molecule is COC(=O)c1cc(N2CCCC2)c2nc(N)sc2c1. The molecule has 0 bridgehead atoms. The summed E-state index contributed by atoms with van der Waals surface area (Å²) in [6, 6.07) is 3.66. The summed E-state index contributed by atoms with van der Waals surface area (Å²) >= 11 is 1.40. The monoisotopic (exact) mass is 277 g/mol. The lowest BCUT2D eigenvalue weighted by Gasteiger charge is -2.18. The fraction of sp³-hybridized carbons (Fsp3) is 0.385. The van der Waals surface area contributed by atoms with E-state index in [1.807, 2.05) is 6.07 Å². The molecule has 1 fully saturated rings. The van der Waals surface area contributed by atoms with E-state index >= 15 is 0 Å². The van der Waals surface area contributed by atoms with E-state index in [1.54, 1.807) is 6.07 Å². The summed E-state index contributed by atoms with van der Waals surface area (Å²) < 4.78 is 5.74. The number of benzene rings is 1. The Bertz CT molecular complexity index is 632. The van der Waals surface area contributed by atoms with Crippen molar-refractivity contribution in [2.45, 2.75) is 12.8 Å². The van der Waals surface area contributed by atoms with Crippen molar-refractivity contribution >= 4 is 38.3 Å². The number of carbonyl (C=O) groups excluding carboxylic acids is 1. The van der Waals surface area contributed by atoms with Crippen LogP contribution in [0.1, 0.15) is 23.2 Å². The lowest BCUT2D eigenvalue weighted by Crippen LogP contribution is -2.18. The first-order valence-electron chi connectivity index (χ1n) is 6.22. The van der Waals surface area contributed by atoms with E-state index < -0.39 is 0 Å². The largest absolute Gasteiger partial charge is 0.465 e. The smallest absolute Gasteiger partial charge is 0.337 e. The van der Waals surface area contributed by atoms with Gasteiger partial charge in [-0.25, -0.2) is 9.78 Å². The van der Waals surface area contributed by atoms with Gasteiger partial charge >= 0.3 is 5.97 Å². The van der Waals surface area contributed by atoms with Crippen LogP contribution in [0.15, 0.2) is 12.1 Å². The molecular formula is C13H15N3O2S. The van der Waals surface area contributed by atoms with E-state index in [-0.39, 0.29) is 5.97 Å². The van der Waals surface area contributed by atoms with Gasteiger partial charge in [0.1, 0.15) is 5.52 Å². The highest BCUT2D eigenvalue weighted by Gasteiger charge is 2.20. The molecule has 0 aliphatic carbocycles.